The van der Waals surface area contributed by atoms with Crippen molar-refractivity contribution in [1.82, 2.24) is 15.1 Å². The largest absolute Gasteiger partial charge is 0.383 e. The van der Waals surface area contributed by atoms with Crippen LogP contribution in [-0.2, 0) is 9.53 Å². The summed E-state index contributed by atoms with van der Waals surface area (Å²) in [6.45, 7) is 7.03. The molecule has 0 spiro atoms. The molecule has 106 valence electrons. The summed E-state index contributed by atoms with van der Waals surface area (Å²) in [5.41, 5.74) is 0. The van der Waals surface area contributed by atoms with Gasteiger partial charge in [0, 0.05) is 39.3 Å². The molecule has 0 aliphatic carbocycles. The molecule has 18 heavy (non-hydrogen) atoms. The van der Waals surface area contributed by atoms with E-state index in [0.29, 0.717) is 12.6 Å². The minimum atomic E-state index is 0.213. The van der Waals surface area contributed by atoms with E-state index in [0.717, 1.165) is 45.6 Å². The lowest BCUT2D eigenvalue weighted by molar-refractivity contribution is -0.133. The second kappa shape index (κ2) is 8.45. The van der Waals surface area contributed by atoms with Crippen LogP contribution in [0.1, 0.15) is 19.8 Å². The number of carbonyl (C=O) groups excluding carboxylic acids is 1. The van der Waals surface area contributed by atoms with Crippen LogP contribution in [0, 0.1) is 0 Å². The Hall–Kier alpha value is -0.650. The molecule has 1 aliphatic rings. The third-order valence-corrected chi connectivity index (χ3v) is 3.49. The van der Waals surface area contributed by atoms with Crippen LogP contribution in [0.4, 0.5) is 0 Å². The Labute approximate surface area is 110 Å². The number of piperazine rings is 1. The van der Waals surface area contributed by atoms with Crippen LogP contribution in [-0.4, -0.2) is 75.2 Å². The molecule has 1 saturated heterocycles. The number of amides is 1. The summed E-state index contributed by atoms with van der Waals surface area (Å²) in [7, 11) is 3.55. The zero-order valence-electron chi connectivity index (χ0n) is 11.9. The summed E-state index contributed by atoms with van der Waals surface area (Å²) in [6, 6.07) is 0.486. The van der Waals surface area contributed by atoms with Crippen molar-refractivity contribution in [3.8, 4) is 0 Å². The van der Waals surface area contributed by atoms with E-state index >= 15 is 0 Å². The molecule has 1 aliphatic heterocycles. The van der Waals surface area contributed by atoms with E-state index in [9.17, 15) is 4.79 Å². The van der Waals surface area contributed by atoms with Gasteiger partial charge in [-0.15, -0.1) is 0 Å². The molecule has 1 fully saturated rings. The van der Waals surface area contributed by atoms with Crippen LogP contribution in [0.25, 0.3) is 0 Å². The first-order chi connectivity index (χ1) is 8.72. The van der Waals surface area contributed by atoms with E-state index in [1.54, 1.807) is 7.11 Å². The highest BCUT2D eigenvalue weighted by molar-refractivity contribution is 5.78. The fourth-order valence-electron chi connectivity index (χ4n) is 2.49. The van der Waals surface area contributed by atoms with E-state index in [2.05, 4.69) is 17.1 Å². The molecular weight excluding hydrogens is 230 g/mol. The van der Waals surface area contributed by atoms with Gasteiger partial charge in [-0.05, 0) is 13.5 Å². The highest BCUT2D eigenvalue weighted by atomic mass is 16.5. The second-order valence-electron chi connectivity index (χ2n) is 4.84. The zero-order chi connectivity index (χ0) is 13.4. The molecular formula is C13H27N3O2. The average Bonchev–Trinajstić information content (AvgIpc) is 2.38. The topological polar surface area (TPSA) is 44.8 Å². The van der Waals surface area contributed by atoms with Crippen LogP contribution in [0.15, 0.2) is 0 Å². The standard InChI is InChI=1S/C13H27N3O2/c1-4-5-12-11-16(13(17)10-14-2)7-6-15(12)8-9-18-3/h12,14H,4-11H2,1-3H3. The number of carbonyl (C=O) groups is 1. The third-order valence-electron chi connectivity index (χ3n) is 3.49. The van der Waals surface area contributed by atoms with Crippen LogP contribution in [0.5, 0.6) is 0 Å². The number of nitrogens with zero attached hydrogens (tertiary/aromatic N) is 2. The maximum absolute atomic E-state index is 11.9. The van der Waals surface area contributed by atoms with Gasteiger partial charge < -0.3 is 15.0 Å². The van der Waals surface area contributed by atoms with Crippen molar-refractivity contribution in [1.29, 1.82) is 0 Å². The fraction of sp³-hybridized carbons (Fsp3) is 0.923. The second-order valence-corrected chi connectivity index (χ2v) is 4.84. The molecule has 0 aromatic rings. The van der Waals surface area contributed by atoms with Crippen LogP contribution in [0.3, 0.4) is 0 Å². The van der Waals surface area contributed by atoms with Crippen molar-refractivity contribution in [3.63, 3.8) is 0 Å². The fourth-order valence-corrected chi connectivity index (χ4v) is 2.49. The van der Waals surface area contributed by atoms with Gasteiger partial charge in [-0.2, -0.15) is 0 Å². The first kappa shape index (κ1) is 15.4. The van der Waals surface area contributed by atoms with Gasteiger partial charge >= 0.3 is 0 Å². The summed E-state index contributed by atoms with van der Waals surface area (Å²) in [6.07, 6.45) is 2.30. The maximum Gasteiger partial charge on any atom is 0.236 e. The van der Waals surface area contributed by atoms with Gasteiger partial charge in [0.2, 0.25) is 5.91 Å². The summed E-state index contributed by atoms with van der Waals surface area (Å²) in [5, 5.41) is 2.93. The van der Waals surface area contributed by atoms with Crippen molar-refractivity contribution in [2.75, 3.05) is 53.5 Å². The minimum absolute atomic E-state index is 0.213. The van der Waals surface area contributed by atoms with Gasteiger partial charge in [0.05, 0.1) is 13.2 Å². The van der Waals surface area contributed by atoms with Gasteiger partial charge in [0.15, 0.2) is 0 Å². The number of methoxy groups -OCH3 is 1. The third kappa shape index (κ3) is 4.55. The number of hydrogen-bond acceptors (Lipinski definition) is 4. The van der Waals surface area contributed by atoms with Crippen LogP contribution in [0.2, 0.25) is 0 Å². The molecule has 1 N–H and O–H groups in total. The monoisotopic (exact) mass is 257 g/mol. The Kier molecular flexibility index (Phi) is 7.23. The molecule has 0 radical (unpaired) electrons. The Morgan fingerprint density at radius 1 is 1.44 bits per heavy atom. The molecule has 5 heteroatoms. The van der Waals surface area contributed by atoms with Crippen molar-refractivity contribution < 1.29 is 9.53 Å². The van der Waals surface area contributed by atoms with E-state index < -0.39 is 0 Å². The van der Waals surface area contributed by atoms with E-state index in [-0.39, 0.29) is 5.91 Å². The number of likely N-dealkylation sites (N-methyl/N-ethyl adjacent to an activating group) is 1. The lowest BCUT2D eigenvalue weighted by Crippen LogP contribution is -2.56. The quantitative estimate of drug-likeness (QED) is 0.706. The molecule has 1 atom stereocenters. The highest BCUT2D eigenvalue weighted by Crippen LogP contribution is 2.14. The summed E-state index contributed by atoms with van der Waals surface area (Å²) in [5.74, 6) is 0.213. The zero-order valence-corrected chi connectivity index (χ0v) is 11.9. The summed E-state index contributed by atoms with van der Waals surface area (Å²) < 4.78 is 5.15. The molecule has 0 saturated carbocycles. The maximum atomic E-state index is 11.9. The van der Waals surface area contributed by atoms with Crippen molar-refractivity contribution >= 4 is 5.91 Å². The Morgan fingerprint density at radius 2 is 2.22 bits per heavy atom. The molecule has 1 rings (SSSR count). The van der Waals surface area contributed by atoms with Gasteiger partial charge in [0.1, 0.15) is 0 Å². The SMILES string of the molecule is CCCC1CN(C(=O)CNC)CCN1CCOC. The average molecular weight is 257 g/mol. The molecule has 1 amide bonds. The van der Waals surface area contributed by atoms with Crippen molar-refractivity contribution in [2.45, 2.75) is 25.8 Å². The smallest absolute Gasteiger partial charge is 0.236 e. The lowest BCUT2D eigenvalue weighted by Gasteiger charge is -2.41. The molecule has 0 bridgehead atoms. The predicted octanol–water partition coefficient (Wildman–Crippen LogP) is 0.165. The Balaban J connectivity index is 2.50. The van der Waals surface area contributed by atoms with Gasteiger partial charge in [-0.25, -0.2) is 0 Å². The predicted molar refractivity (Wildman–Crippen MR) is 72.7 cm³/mol. The first-order valence-corrected chi connectivity index (χ1v) is 6.88. The number of rotatable bonds is 7. The number of ether oxygens (including phenoxy) is 1. The van der Waals surface area contributed by atoms with Crippen molar-refractivity contribution in [3.05, 3.63) is 0 Å². The normalized spacial score (nSPS) is 21.3. The highest BCUT2D eigenvalue weighted by Gasteiger charge is 2.28. The first-order valence-electron chi connectivity index (χ1n) is 6.88. The van der Waals surface area contributed by atoms with Gasteiger partial charge in [-0.1, -0.05) is 13.3 Å². The Morgan fingerprint density at radius 3 is 2.83 bits per heavy atom. The number of hydrogen-bond donors (Lipinski definition) is 1. The molecule has 0 aromatic heterocycles. The van der Waals surface area contributed by atoms with Crippen molar-refractivity contribution in [2.24, 2.45) is 0 Å². The van der Waals surface area contributed by atoms with Crippen LogP contribution >= 0.6 is 0 Å². The molecule has 0 aromatic carbocycles. The summed E-state index contributed by atoms with van der Waals surface area (Å²) >= 11 is 0. The Bertz CT molecular complexity index is 248. The van der Waals surface area contributed by atoms with E-state index in [4.69, 9.17) is 4.74 Å². The van der Waals surface area contributed by atoms with E-state index in [1.807, 2.05) is 11.9 Å². The number of nitrogens with one attached hydrogen (secondary N) is 1. The van der Waals surface area contributed by atoms with Crippen LogP contribution < -0.4 is 5.32 Å². The molecule has 1 heterocycles. The minimum Gasteiger partial charge on any atom is -0.383 e. The van der Waals surface area contributed by atoms with Gasteiger partial charge in [-0.3, -0.25) is 9.69 Å². The summed E-state index contributed by atoms with van der Waals surface area (Å²) in [4.78, 5) is 16.3. The lowest BCUT2D eigenvalue weighted by atomic mass is 10.1. The van der Waals surface area contributed by atoms with E-state index in [1.165, 1.54) is 0 Å². The molecule has 1 unspecified atom stereocenters. The molecule has 5 nitrogen and oxygen atoms in total. The van der Waals surface area contributed by atoms with Gasteiger partial charge in [0.25, 0.3) is 0 Å².